The van der Waals surface area contributed by atoms with E-state index < -0.39 is 0 Å². The smallest absolute Gasteiger partial charge is 0.158 e. The molecule has 1 fully saturated rings. The van der Waals surface area contributed by atoms with Gasteiger partial charge >= 0.3 is 0 Å². The quantitative estimate of drug-likeness (QED) is 0.688. The monoisotopic (exact) mass is 316 g/mol. The van der Waals surface area contributed by atoms with E-state index in [0.717, 1.165) is 50.0 Å². The fourth-order valence-electron chi connectivity index (χ4n) is 3.57. The normalized spacial score (nSPS) is 24.4. The summed E-state index contributed by atoms with van der Waals surface area (Å²) in [5.74, 6) is 1.61. The van der Waals surface area contributed by atoms with E-state index in [4.69, 9.17) is 14.2 Å². The maximum atomic E-state index is 6.15. The van der Waals surface area contributed by atoms with Crippen LogP contribution < -0.4 is 4.74 Å². The van der Waals surface area contributed by atoms with Crippen molar-refractivity contribution in [1.29, 1.82) is 0 Å². The van der Waals surface area contributed by atoms with Crippen LogP contribution in [0.25, 0.3) is 0 Å². The molecule has 1 heterocycles. The van der Waals surface area contributed by atoms with Crippen LogP contribution in [0.15, 0.2) is 30.4 Å². The van der Waals surface area contributed by atoms with Gasteiger partial charge in [0.1, 0.15) is 5.75 Å². The Balaban J connectivity index is 1.52. The number of hydrogen-bond acceptors (Lipinski definition) is 3. The molecule has 1 aromatic rings. The van der Waals surface area contributed by atoms with Crippen LogP contribution in [0.2, 0.25) is 0 Å². The third kappa shape index (κ3) is 3.96. The van der Waals surface area contributed by atoms with Gasteiger partial charge in [-0.25, -0.2) is 0 Å². The highest BCUT2D eigenvalue weighted by Gasteiger charge is 2.28. The Hall–Kier alpha value is -1.32. The zero-order valence-electron chi connectivity index (χ0n) is 14.3. The molecule has 1 aliphatic carbocycles. The molecule has 0 radical (unpaired) electrons. The van der Waals surface area contributed by atoms with Crippen LogP contribution in [0.4, 0.5) is 0 Å². The van der Waals surface area contributed by atoms with E-state index in [2.05, 4.69) is 31.7 Å². The molecular formula is C20H28O3. The molecule has 0 amide bonds. The lowest BCUT2D eigenvalue weighted by Gasteiger charge is -2.33. The minimum absolute atomic E-state index is 0.0385. The summed E-state index contributed by atoms with van der Waals surface area (Å²) in [5, 5.41) is 0. The minimum Gasteiger partial charge on any atom is -0.497 e. The average Bonchev–Trinajstić information content (AvgIpc) is 2.55. The van der Waals surface area contributed by atoms with Gasteiger partial charge in [0.25, 0.3) is 0 Å². The number of rotatable bonds is 7. The van der Waals surface area contributed by atoms with Crippen molar-refractivity contribution in [2.75, 3.05) is 13.7 Å². The van der Waals surface area contributed by atoms with Gasteiger partial charge in [-0.15, -0.1) is 0 Å². The van der Waals surface area contributed by atoms with Crippen molar-refractivity contribution in [2.45, 2.75) is 63.8 Å². The van der Waals surface area contributed by atoms with Crippen molar-refractivity contribution >= 4 is 0 Å². The molecule has 3 heteroatoms. The average molecular weight is 316 g/mol. The highest BCUT2D eigenvalue weighted by molar-refractivity contribution is 5.44. The predicted molar refractivity (Wildman–Crippen MR) is 92.0 cm³/mol. The summed E-state index contributed by atoms with van der Waals surface area (Å²) >= 11 is 0. The number of hydrogen-bond donors (Lipinski definition) is 0. The first kappa shape index (κ1) is 16.5. The second-order valence-electron chi connectivity index (χ2n) is 6.81. The molecule has 1 aliphatic heterocycles. The van der Waals surface area contributed by atoms with E-state index in [1.807, 2.05) is 0 Å². The molecule has 0 saturated carbocycles. The fourth-order valence-corrected chi connectivity index (χ4v) is 3.57. The van der Waals surface area contributed by atoms with E-state index in [1.54, 1.807) is 7.11 Å². The largest absolute Gasteiger partial charge is 0.497 e. The molecule has 0 bridgehead atoms. The van der Waals surface area contributed by atoms with E-state index in [1.165, 1.54) is 17.5 Å². The Morgan fingerprint density at radius 2 is 2.26 bits per heavy atom. The van der Waals surface area contributed by atoms with Crippen molar-refractivity contribution in [3.8, 4) is 5.75 Å². The van der Waals surface area contributed by atoms with Crippen LogP contribution in [0.1, 0.15) is 56.1 Å². The maximum Gasteiger partial charge on any atom is 0.158 e. The zero-order valence-corrected chi connectivity index (χ0v) is 14.3. The summed E-state index contributed by atoms with van der Waals surface area (Å²) in [7, 11) is 1.72. The second kappa shape index (κ2) is 7.50. The van der Waals surface area contributed by atoms with Crippen molar-refractivity contribution in [2.24, 2.45) is 0 Å². The second-order valence-corrected chi connectivity index (χ2v) is 6.81. The van der Waals surface area contributed by atoms with Gasteiger partial charge in [0.05, 0.1) is 13.2 Å². The summed E-state index contributed by atoms with van der Waals surface area (Å²) < 4.78 is 17.2. The Morgan fingerprint density at radius 3 is 2.91 bits per heavy atom. The SMILES string of the molecule is C=C(C)[C@H](CCC1Cc2cc(OC)ccc21)OC1CCCCO1. The minimum atomic E-state index is -0.0385. The highest BCUT2D eigenvalue weighted by Crippen LogP contribution is 2.40. The van der Waals surface area contributed by atoms with Gasteiger partial charge in [-0.05, 0) is 74.6 Å². The highest BCUT2D eigenvalue weighted by atomic mass is 16.7. The summed E-state index contributed by atoms with van der Waals surface area (Å²) in [6.45, 7) is 7.00. The number of ether oxygens (including phenoxy) is 3. The molecule has 2 aliphatic rings. The van der Waals surface area contributed by atoms with E-state index in [9.17, 15) is 0 Å². The summed E-state index contributed by atoms with van der Waals surface area (Å²) in [5.41, 5.74) is 4.01. The van der Waals surface area contributed by atoms with Crippen LogP contribution in [-0.4, -0.2) is 26.1 Å². The van der Waals surface area contributed by atoms with E-state index >= 15 is 0 Å². The van der Waals surface area contributed by atoms with E-state index in [-0.39, 0.29) is 12.4 Å². The van der Waals surface area contributed by atoms with Gasteiger partial charge in [-0.1, -0.05) is 18.2 Å². The van der Waals surface area contributed by atoms with E-state index in [0.29, 0.717) is 5.92 Å². The lowest BCUT2D eigenvalue weighted by atomic mass is 9.74. The van der Waals surface area contributed by atoms with Gasteiger partial charge in [0.15, 0.2) is 6.29 Å². The fraction of sp³-hybridized carbons (Fsp3) is 0.600. The predicted octanol–water partition coefficient (Wildman–Crippen LogP) is 4.60. The third-order valence-corrected chi connectivity index (χ3v) is 5.04. The molecular weight excluding hydrogens is 288 g/mol. The number of benzene rings is 1. The Kier molecular flexibility index (Phi) is 5.39. The van der Waals surface area contributed by atoms with Crippen LogP contribution in [0, 0.1) is 0 Å². The topological polar surface area (TPSA) is 27.7 Å². The standard InChI is InChI=1S/C20H28O3/c1-14(2)19(23-20-6-4-5-11-22-20)10-7-15-12-16-13-17(21-3)8-9-18(15)16/h8-9,13,15,19-20H,1,4-7,10-12H2,2-3H3/t15?,19-,20?/m0/s1. The first-order valence-corrected chi connectivity index (χ1v) is 8.76. The Bertz CT molecular complexity index is 546. The van der Waals surface area contributed by atoms with Crippen molar-refractivity contribution in [1.82, 2.24) is 0 Å². The summed E-state index contributed by atoms with van der Waals surface area (Å²) in [6, 6.07) is 6.44. The van der Waals surface area contributed by atoms with Gasteiger partial charge in [-0.2, -0.15) is 0 Å². The lowest BCUT2D eigenvalue weighted by Crippen LogP contribution is -2.29. The van der Waals surface area contributed by atoms with Crippen LogP contribution in [0.3, 0.4) is 0 Å². The van der Waals surface area contributed by atoms with Gasteiger partial charge in [-0.3, -0.25) is 0 Å². The summed E-state index contributed by atoms with van der Waals surface area (Å²) in [6.07, 6.45) is 6.75. The van der Waals surface area contributed by atoms with Crippen LogP contribution >= 0.6 is 0 Å². The molecule has 3 rings (SSSR count). The lowest BCUT2D eigenvalue weighted by molar-refractivity contribution is -0.181. The molecule has 23 heavy (non-hydrogen) atoms. The molecule has 0 N–H and O–H groups in total. The first-order chi connectivity index (χ1) is 11.2. The number of fused-ring (bicyclic) bond motifs is 1. The third-order valence-electron chi connectivity index (χ3n) is 5.04. The van der Waals surface area contributed by atoms with Crippen LogP contribution in [-0.2, 0) is 15.9 Å². The molecule has 2 unspecified atom stereocenters. The molecule has 126 valence electrons. The van der Waals surface area contributed by atoms with Gasteiger partial charge < -0.3 is 14.2 Å². The molecule has 0 spiro atoms. The maximum absolute atomic E-state index is 6.15. The van der Waals surface area contributed by atoms with Gasteiger partial charge in [0.2, 0.25) is 0 Å². The zero-order chi connectivity index (χ0) is 16.2. The Labute approximate surface area is 139 Å². The van der Waals surface area contributed by atoms with Crippen molar-refractivity contribution < 1.29 is 14.2 Å². The molecule has 0 aromatic heterocycles. The molecule has 3 nitrogen and oxygen atoms in total. The van der Waals surface area contributed by atoms with Gasteiger partial charge in [0, 0.05) is 6.61 Å². The molecule has 3 atom stereocenters. The van der Waals surface area contributed by atoms with Crippen molar-refractivity contribution in [3.63, 3.8) is 0 Å². The molecule has 1 saturated heterocycles. The van der Waals surface area contributed by atoms with Crippen molar-refractivity contribution in [3.05, 3.63) is 41.5 Å². The Morgan fingerprint density at radius 1 is 1.39 bits per heavy atom. The first-order valence-electron chi connectivity index (χ1n) is 8.76. The summed E-state index contributed by atoms with van der Waals surface area (Å²) in [4.78, 5) is 0. The van der Waals surface area contributed by atoms with Crippen LogP contribution in [0.5, 0.6) is 5.75 Å². The molecule has 1 aromatic carbocycles. The number of methoxy groups -OCH3 is 1.